The Bertz CT molecular complexity index is 812. The lowest BCUT2D eigenvalue weighted by molar-refractivity contribution is -0.152. The van der Waals surface area contributed by atoms with Crippen LogP contribution < -0.4 is 5.32 Å². The van der Waals surface area contributed by atoms with Crippen molar-refractivity contribution in [1.82, 2.24) is 10.2 Å². The summed E-state index contributed by atoms with van der Waals surface area (Å²) >= 11 is 0. The summed E-state index contributed by atoms with van der Waals surface area (Å²) in [5.74, 6) is -1.51. The van der Waals surface area contributed by atoms with Gasteiger partial charge in [0.1, 0.15) is 12.1 Å². The summed E-state index contributed by atoms with van der Waals surface area (Å²) < 4.78 is 5.00. The monoisotopic (exact) mass is 413 g/mol. The van der Waals surface area contributed by atoms with E-state index in [1.165, 1.54) is 4.90 Å². The predicted molar refractivity (Wildman–Crippen MR) is 113 cm³/mol. The first-order valence-electron chi connectivity index (χ1n) is 10.3. The summed E-state index contributed by atoms with van der Waals surface area (Å²) in [6.07, 6.45) is 4.11. The Morgan fingerprint density at radius 3 is 2.27 bits per heavy atom. The predicted octanol–water partition coefficient (Wildman–Crippen LogP) is 2.94. The number of hydrogen-bond acceptors (Lipinski definition) is 5. The minimum atomic E-state index is -0.824. The van der Waals surface area contributed by atoms with Gasteiger partial charge >= 0.3 is 5.97 Å². The quantitative estimate of drug-likeness (QED) is 0.723. The third-order valence-electron chi connectivity index (χ3n) is 5.67. The molecule has 1 saturated carbocycles. The number of nitrogens with one attached hydrogen (secondary N) is 1. The van der Waals surface area contributed by atoms with Crippen molar-refractivity contribution < 1.29 is 19.1 Å². The first-order chi connectivity index (χ1) is 14.1. The van der Waals surface area contributed by atoms with Crippen molar-refractivity contribution in [3.05, 3.63) is 35.4 Å². The minimum absolute atomic E-state index is 0.0136. The molecule has 0 unspecified atom stereocenters. The molecular weight excluding hydrogens is 382 g/mol. The van der Waals surface area contributed by atoms with E-state index >= 15 is 0 Å². The van der Waals surface area contributed by atoms with Crippen LogP contribution in [0.3, 0.4) is 0 Å². The average Bonchev–Trinajstić information content (AvgIpc) is 2.75. The maximum Gasteiger partial charge on any atom is 0.325 e. The molecule has 1 aliphatic carbocycles. The van der Waals surface area contributed by atoms with Crippen LogP contribution in [0.4, 0.5) is 0 Å². The molecule has 0 heterocycles. The largest absolute Gasteiger partial charge is 0.454 e. The molecule has 0 aromatic heterocycles. The van der Waals surface area contributed by atoms with Crippen LogP contribution in [0, 0.1) is 11.3 Å². The van der Waals surface area contributed by atoms with E-state index in [0.29, 0.717) is 18.4 Å². The Kier molecular flexibility index (Phi) is 7.60. The molecule has 2 amide bonds. The maximum atomic E-state index is 12.4. The van der Waals surface area contributed by atoms with Gasteiger partial charge in [0.2, 0.25) is 0 Å². The van der Waals surface area contributed by atoms with Gasteiger partial charge in [0, 0.05) is 12.6 Å². The zero-order chi connectivity index (χ0) is 22.4. The number of rotatable bonds is 6. The molecule has 30 heavy (non-hydrogen) atoms. The van der Waals surface area contributed by atoms with Gasteiger partial charge in [-0.3, -0.25) is 14.4 Å². The number of benzene rings is 1. The van der Waals surface area contributed by atoms with Crippen LogP contribution >= 0.6 is 0 Å². The van der Waals surface area contributed by atoms with Crippen LogP contribution in [0.1, 0.15) is 68.8 Å². The second kappa shape index (κ2) is 9.75. The number of hydrogen-bond donors (Lipinski definition) is 1. The Hall–Kier alpha value is -2.88. The van der Waals surface area contributed by atoms with Gasteiger partial charge in [-0.25, -0.2) is 0 Å². The van der Waals surface area contributed by atoms with Gasteiger partial charge < -0.3 is 15.0 Å². The first-order valence-corrected chi connectivity index (χ1v) is 10.3. The average molecular weight is 414 g/mol. The van der Waals surface area contributed by atoms with Gasteiger partial charge in [0.25, 0.3) is 11.8 Å². The van der Waals surface area contributed by atoms with E-state index in [1.54, 1.807) is 19.2 Å². The van der Waals surface area contributed by atoms with Crippen LogP contribution in [0.15, 0.2) is 24.3 Å². The molecule has 7 nitrogen and oxygen atoms in total. The summed E-state index contributed by atoms with van der Waals surface area (Å²) in [6.45, 7) is 5.48. The van der Waals surface area contributed by atoms with Gasteiger partial charge in [-0.15, -0.1) is 0 Å². The number of nitriles is 1. The SMILES string of the molecule is CN(C(=O)COC(=O)CNC(=O)c1ccc(C(C)(C)C)cc1)C1(C#N)CCCCC1. The summed E-state index contributed by atoms with van der Waals surface area (Å²) in [4.78, 5) is 37.9. The number of amides is 2. The number of carbonyl (C=O) groups is 3. The molecule has 0 aliphatic heterocycles. The lowest BCUT2D eigenvalue weighted by atomic mass is 9.81. The molecule has 1 aliphatic rings. The van der Waals surface area contributed by atoms with Crippen LogP contribution in [0.5, 0.6) is 0 Å². The number of likely N-dealkylation sites (N-methyl/N-ethyl adjacent to an activating group) is 1. The van der Waals surface area contributed by atoms with Crippen LogP contribution in [-0.2, 0) is 19.7 Å². The molecule has 0 spiro atoms. The fourth-order valence-electron chi connectivity index (χ4n) is 3.56. The number of esters is 1. The van der Waals surface area contributed by atoms with Crippen LogP contribution in [-0.4, -0.2) is 48.4 Å². The number of carbonyl (C=O) groups excluding carboxylic acids is 3. The highest BCUT2D eigenvalue weighted by Gasteiger charge is 2.39. The van der Waals surface area contributed by atoms with Crippen LogP contribution in [0.2, 0.25) is 0 Å². The molecule has 162 valence electrons. The first kappa shape index (κ1) is 23.4. The normalized spacial score (nSPS) is 15.6. The van der Waals surface area contributed by atoms with E-state index in [4.69, 9.17) is 4.74 Å². The summed E-state index contributed by atoms with van der Waals surface area (Å²) in [5.41, 5.74) is 0.712. The van der Waals surface area contributed by atoms with Gasteiger partial charge in [-0.1, -0.05) is 52.2 Å². The molecule has 0 bridgehead atoms. The summed E-state index contributed by atoms with van der Waals surface area (Å²) in [6, 6.07) is 9.47. The van der Waals surface area contributed by atoms with Crippen molar-refractivity contribution in [2.75, 3.05) is 20.2 Å². The van der Waals surface area contributed by atoms with Gasteiger partial charge in [-0.2, -0.15) is 5.26 Å². The zero-order valence-corrected chi connectivity index (χ0v) is 18.3. The summed E-state index contributed by atoms with van der Waals surface area (Å²) in [7, 11) is 1.58. The van der Waals surface area contributed by atoms with E-state index in [1.807, 2.05) is 12.1 Å². The van der Waals surface area contributed by atoms with Crippen molar-refractivity contribution in [2.24, 2.45) is 0 Å². The molecule has 1 aromatic carbocycles. The molecule has 0 atom stereocenters. The molecular formula is C23H31N3O4. The van der Waals surface area contributed by atoms with Crippen LogP contribution in [0.25, 0.3) is 0 Å². The highest BCUT2D eigenvalue weighted by atomic mass is 16.5. The van der Waals surface area contributed by atoms with Crippen molar-refractivity contribution in [2.45, 2.75) is 63.8 Å². The van der Waals surface area contributed by atoms with Crippen molar-refractivity contribution in [1.29, 1.82) is 5.26 Å². The Labute approximate surface area is 178 Å². The fourth-order valence-corrected chi connectivity index (χ4v) is 3.56. The van der Waals surface area contributed by atoms with E-state index < -0.39 is 24.0 Å². The third kappa shape index (κ3) is 5.82. The smallest absolute Gasteiger partial charge is 0.325 e. The Balaban J connectivity index is 1.81. The maximum absolute atomic E-state index is 12.4. The highest BCUT2D eigenvalue weighted by Crippen LogP contribution is 2.32. The molecule has 1 aromatic rings. The van der Waals surface area contributed by atoms with E-state index in [9.17, 15) is 19.6 Å². The summed E-state index contributed by atoms with van der Waals surface area (Å²) in [5, 5.41) is 12.1. The van der Waals surface area contributed by atoms with Crippen molar-refractivity contribution >= 4 is 17.8 Å². The molecule has 0 radical (unpaired) electrons. The highest BCUT2D eigenvalue weighted by molar-refractivity contribution is 5.96. The lowest BCUT2D eigenvalue weighted by Gasteiger charge is -2.38. The van der Waals surface area contributed by atoms with E-state index in [2.05, 4.69) is 32.2 Å². The molecule has 0 saturated heterocycles. The number of nitrogens with zero attached hydrogens (tertiary/aromatic N) is 2. The van der Waals surface area contributed by atoms with Gasteiger partial charge in [0.15, 0.2) is 6.61 Å². The second-order valence-corrected chi connectivity index (χ2v) is 8.83. The minimum Gasteiger partial charge on any atom is -0.454 e. The zero-order valence-electron chi connectivity index (χ0n) is 18.3. The Morgan fingerprint density at radius 2 is 1.73 bits per heavy atom. The van der Waals surface area contributed by atoms with E-state index in [0.717, 1.165) is 24.8 Å². The topological polar surface area (TPSA) is 99.5 Å². The molecule has 1 fully saturated rings. The van der Waals surface area contributed by atoms with Crippen molar-refractivity contribution in [3.63, 3.8) is 0 Å². The second-order valence-electron chi connectivity index (χ2n) is 8.83. The van der Waals surface area contributed by atoms with Gasteiger partial charge in [-0.05, 0) is 36.0 Å². The molecule has 2 rings (SSSR count). The van der Waals surface area contributed by atoms with E-state index in [-0.39, 0.29) is 17.9 Å². The third-order valence-corrected chi connectivity index (χ3v) is 5.67. The van der Waals surface area contributed by atoms with Gasteiger partial charge in [0.05, 0.1) is 6.07 Å². The molecule has 1 N–H and O–H groups in total. The standard InChI is InChI=1S/C23H31N3O4/c1-22(2,3)18-10-8-17(9-11-18)21(29)25-14-20(28)30-15-19(27)26(4)23(16-24)12-6-5-7-13-23/h8-11H,5-7,12-15H2,1-4H3,(H,25,29). The lowest BCUT2D eigenvalue weighted by Crippen LogP contribution is -2.51. The Morgan fingerprint density at radius 1 is 1.13 bits per heavy atom. The van der Waals surface area contributed by atoms with Crippen molar-refractivity contribution in [3.8, 4) is 6.07 Å². The number of ether oxygens (including phenoxy) is 1. The molecule has 7 heteroatoms. The fraction of sp³-hybridized carbons (Fsp3) is 0.565.